The summed E-state index contributed by atoms with van der Waals surface area (Å²) in [7, 11) is 0. The predicted molar refractivity (Wildman–Crippen MR) is 85.1 cm³/mol. The molecule has 1 fully saturated rings. The van der Waals surface area contributed by atoms with Gasteiger partial charge in [0.15, 0.2) is 0 Å². The minimum Gasteiger partial charge on any atom is -0.372 e. The second-order valence-electron chi connectivity index (χ2n) is 6.21. The molecule has 1 aromatic carbocycles. The van der Waals surface area contributed by atoms with Gasteiger partial charge in [-0.25, -0.2) is 0 Å². The van der Waals surface area contributed by atoms with Crippen molar-refractivity contribution in [3.63, 3.8) is 0 Å². The summed E-state index contributed by atoms with van der Waals surface area (Å²) in [6.07, 6.45) is -0.285. The number of carbonyl (C=O) groups is 3. The van der Waals surface area contributed by atoms with Crippen LogP contribution in [0.3, 0.4) is 0 Å². The molecule has 0 unspecified atom stereocenters. The van der Waals surface area contributed by atoms with Gasteiger partial charge in [0.25, 0.3) is 17.5 Å². The van der Waals surface area contributed by atoms with Crippen molar-refractivity contribution < 1.29 is 24.0 Å². The van der Waals surface area contributed by atoms with Crippen LogP contribution in [0.25, 0.3) is 0 Å². The Morgan fingerprint density at radius 1 is 1.24 bits per heavy atom. The number of nitro benzene ring substituents is 1. The van der Waals surface area contributed by atoms with Crippen LogP contribution in [0, 0.1) is 10.1 Å². The molecule has 2 atom stereocenters. The maximum Gasteiger partial charge on any atom is 0.282 e. The number of imide groups is 1. The fraction of sp³-hybridized carbons (Fsp3) is 0.438. The molecule has 2 aliphatic heterocycles. The average molecular weight is 347 g/mol. The van der Waals surface area contributed by atoms with E-state index in [1.807, 2.05) is 13.8 Å². The van der Waals surface area contributed by atoms with Gasteiger partial charge in [0.2, 0.25) is 5.91 Å². The number of rotatable bonds is 3. The van der Waals surface area contributed by atoms with Gasteiger partial charge in [0.05, 0.1) is 22.7 Å². The van der Waals surface area contributed by atoms with E-state index in [0.717, 1.165) is 4.90 Å². The van der Waals surface area contributed by atoms with Crippen molar-refractivity contribution in [1.29, 1.82) is 0 Å². The van der Waals surface area contributed by atoms with E-state index >= 15 is 0 Å². The molecule has 9 heteroatoms. The van der Waals surface area contributed by atoms with Crippen molar-refractivity contribution in [2.75, 3.05) is 19.6 Å². The molecule has 1 saturated heterocycles. The summed E-state index contributed by atoms with van der Waals surface area (Å²) >= 11 is 0. The van der Waals surface area contributed by atoms with Gasteiger partial charge in [-0.3, -0.25) is 29.4 Å². The van der Waals surface area contributed by atoms with E-state index in [0.29, 0.717) is 13.1 Å². The molecule has 0 radical (unpaired) electrons. The van der Waals surface area contributed by atoms with E-state index < -0.39 is 29.0 Å². The molecule has 2 aliphatic rings. The van der Waals surface area contributed by atoms with Crippen molar-refractivity contribution in [2.45, 2.75) is 26.1 Å². The van der Waals surface area contributed by atoms with E-state index in [1.165, 1.54) is 23.1 Å². The number of nitro groups is 1. The summed E-state index contributed by atoms with van der Waals surface area (Å²) in [5.74, 6) is -1.89. The lowest BCUT2D eigenvalue weighted by molar-refractivity contribution is -0.385. The first-order chi connectivity index (χ1) is 11.8. The highest BCUT2D eigenvalue weighted by molar-refractivity contribution is 6.24. The quantitative estimate of drug-likeness (QED) is 0.455. The van der Waals surface area contributed by atoms with Crippen LogP contribution in [0.1, 0.15) is 34.6 Å². The molecule has 0 bridgehead atoms. The molecule has 0 spiro atoms. The second kappa shape index (κ2) is 6.25. The van der Waals surface area contributed by atoms with Gasteiger partial charge < -0.3 is 9.64 Å². The number of fused-ring (bicyclic) bond motifs is 1. The highest BCUT2D eigenvalue weighted by atomic mass is 16.6. The van der Waals surface area contributed by atoms with E-state index in [4.69, 9.17) is 4.74 Å². The summed E-state index contributed by atoms with van der Waals surface area (Å²) in [6, 6.07) is 3.87. The summed E-state index contributed by atoms with van der Waals surface area (Å²) in [5.41, 5.74) is -0.732. The minimum atomic E-state index is -0.810. The number of hydrogen-bond donors (Lipinski definition) is 0. The summed E-state index contributed by atoms with van der Waals surface area (Å²) in [4.78, 5) is 50.1. The lowest BCUT2D eigenvalue weighted by Gasteiger charge is -2.35. The molecule has 3 rings (SSSR count). The number of benzene rings is 1. The topological polar surface area (TPSA) is 110 Å². The number of hydrogen-bond acceptors (Lipinski definition) is 6. The van der Waals surface area contributed by atoms with Crippen LogP contribution in [-0.4, -0.2) is 64.3 Å². The van der Waals surface area contributed by atoms with Gasteiger partial charge in [-0.1, -0.05) is 6.07 Å². The Hall–Kier alpha value is -2.81. The van der Waals surface area contributed by atoms with Crippen molar-refractivity contribution in [2.24, 2.45) is 0 Å². The normalized spacial score (nSPS) is 23.0. The van der Waals surface area contributed by atoms with Gasteiger partial charge in [-0.15, -0.1) is 0 Å². The first kappa shape index (κ1) is 17.0. The van der Waals surface area contributed by atoms with E-state index in [2.05, 4.69) is 0 Å². The lowest BCUT2D eigenvalue weighted by Crippen LogP contribution is -2.51. The molecule has 0 aliphatic carbocycles. The van der Waals surface area contributed by atoms with Crippen LogP contribution in [0.2, 0.25) is 0 Å². The lowest BCUT2D eigenvalue weighted by atomic mass is 10.1. The zero-order valence-corrected chi connectivity index (χ0v) is 13.8. The van der Waals surface area contributed by atoms with Gasteiger partial charge in [-0.05, 0) is 19.9 Å². The molecule has 0 N–H and O–H groups in total. The third-order valence-electron chi connectivity index (χ3n) is 4.24. The Bertz CT molecular complexity index is 767. The standard InChI is InChI=1S/C16H17N3O6/c1-9-6-17(7-10(2)25-9)13(20)8-18-15(21)11-4-3-5-12(19(23)24)14(11)16(18)22/h3-5,9-10H,6-8H2,1-2H3/t9-,10+. The number of nitrogens with zero attached hydrogens (tertiary/aromatic N) is 3. The molecule has 2 heterocycles. The number of morpholine rings is 1. The van der Waals surface area contributed by atoms with Crippen LogP contribution in [0.15, 0.2) is 18.2 Å². The fourth-order valence-electron chi connectivity index (χ4n) is 3.23. The Morgan fingerprint density at radius 3 is 2.48 bits per heavy atom. The van der Waals surface area contributed by atoms with Crippen LogP contribution in [0.5, 0.6) is 0 Å². The molecule has 0 aromatic heterocycles. The maximum atomic E-state index is 12.5. The third kappa shape index (κ3) is 2.98. The van der Waals surface area contributed by atoms with Gasteiger partial charge >= 0.3 is 0 Å². The molecule has 25 heavy (non-hydrogen) atoms. The first-order valence-electron chi connectivity index (χ1n) is 7.86. The van der Waals surface area contributed by atoms with Crippen LogP contribution >= 0.6 is 0 Å². The number of carbonyl (C=O) groups excluding carboxylic acids is 3. The highest BCUT2D eigenvalue weighted by Gasteiger charge is 2.42. The van der Waals surface area contributed by atoms with Crippen LogP contribution < -0.4 is 0 Å². The Kier molecular flexibility index (Phi) is 4.25. The van der Waals surface area contributed by atoms with Gasteiger partial charge in [0.1, 0.15) is 12.1 Å². The Balaban J connectivity index is 1.82. The second-order valence-corrected chi connectivity index (χ2v) is 6.21. The summed E-state index contributed by atoms with van der Waals surface area (Å²) in [5, 5.41) is 11.1. The van der Waals surface area contributed by atoms with E-state index in [9.17, 15) is 24.5 Å². The largest absolute Gasteiger partial charge is 0.372 e. The van der Waals surface area contributed by atoms with Gasteiger partial charge in [-0.2, -0.15) is 0 Å². The Morgan fingerprint density at radius 2 is 1.88 bits per heavy atom. The zero-order chi connectivity index (χ0) is 18.3. The predicted octanol–water partition coefficient (Wildman–Crippen LogP) is 0.827. The summed E-state index contributed by atoms with van der Waals surface area (Å²) < 4.78 is 5.56. The smallest absolute Gasteiger partial charge is 0.282 e. The molecular formula is C16H17N3O6. The molecule has 3 amide bonds. The number of ether oxygens (including phenoxy) is 1. The van der Waals surface area contributed by atoms with Crippen molar-refractivity contribution >= 4 is 23.4 Å². The van der Waals surface area contributed by atoms with Crippen molar-refractivity contribution in [3.8, 4) is 0 Å². The van der Waals surface area contributed by atoms with Crippen molar-refractivity contribution in [1.82, 2.24) is 9.80 Å². The highest BCUT2D eigenvalue weighted by Crippen LogP contribution is 2.30. The molecule has 0 saturated carbocycles. The summed E-state index contributed by atoms with van der Waals surface area (Å²) in [6.45, 7) is 3.96. The SMILES string of the molecule is C[C@@H]1CN(C(=O)CN2C(=O)c3cccc([N+](=O)[O-])c3C2=O)C[C@H](C)O1. The van der Waals surface area contributed by atoms with Crippen molar-refractivity contribution in [3.05, 3.63) is 39.4 Å². The zero-order valence-electron chi connectivity index (χ0n) is 13.8. The first-order valence-corrected chi connectivity index (χ1v) is 7.86. The van der Waals surface area contributed by atoms with Gasteiger partial charge in [0, 0.05) is 19.2 Å². The average Bonchev–Trinajstić information content (AvgIpc) is 2.79. The maximum absolute atomic E-state index is 12.5. The fourth-order valence-corrected chi connectivity index (χ4v) is 3.23. The minimum absolute atomic E-state index is 0.0456. The van der Waals surface area contributed by atoms with Crippen LogP contribution in [0.4, 0.5) is 5.69 Å². The van der Waals surface area contributed by atoms with E-state index in [-0.39, 0.29) is 29.2 Å². The molecule has 132 valence electrons. The Labute approximate surface area is 143 Å². The molecular weight excluding hydrogens is 330 g/mol. The molecule has 9 nitrogen and oxygen atoms in total. The van der Waals surface area contributed by atoms with E-state index in [1.54, 1.807) is 0 Å². The monoisotopic (exact) mass is 347 g/mol. The third-order valence-corrected chi connectivity index (χ3v) is 4.24. The number of amides is 3. The van der Waals surface area contributed by atoms with Crippen LogP contribution in [-0.2, 0) is 9.53 Å². The molecule has 1 aromatic rings.